The zero-order chi connectivity index (χ0) is 19.4. The summed E-state index contributed by atoms with van der Waals surface area (Å²) in [4.78, 5) is 10.5. The summed E-state index contributed by atoms with van der Waals surface area (Å²) < 4.78 is 4.25. The van der Waals surface area contributed by atoms with Crippen molar-refractivity contribution in [2.24, 2.45) is 0 Å². The van der Waals surface area contributed by atoms with Crippen LogP contribution in [0.25, 0.3) is 0 Å². The number of allylic oxidation sites excluding steroid dienone is 3. The molecule has 0 aliphatic carbocycles. The van der Waals surface area contributed by atoms with Crippen LogP contribution in [0, 0.1) is 0 Å². The van der Waals surface area contributed by atoms with Crippen molar-refractivity contribution in [3.8, 4) is 0 Å². The largest absolute Gasteiger partial charge is 0.388 e. The third kappa shape index (κ3) is 16.9. The molecule has 5 heteroatoms. The highest BCUT2D eigenvalue weighted by atomic mass is 32.2. The number of imidazole rings is 1. The van der Waals surface area contributed by atoms with Gasteiger partial charge in [0.25, 0.3) is 0 Å². The molecule has 0 fully saturated rings. The van der Waals surface area contributed by atoms with Crippen molar-refractivity contribution >= 4 is 11.8 Å². The molecule has 0 atom stereocenters. The first-order chi connectivity index (χ1) is 11.5. The van der Waals surface area contributed by atoms with Crippen molar-refractivity contribution in [2.75, 3.05) is 27.0 Å². The second kappa shape index (κ2) is 21.5. The minimum Gasteiger partial charge on any atom is -0.388 e. The molecule has 140 valence electrons. The van der Waals surface area contributed by atoms with Crippen LogP contribution >= 0.6 is 11.8 Å². The minimum absolute atomic E-state index is 0.862. The molecule has 0 aromatic carbocycles. The summed E-state index contributed by atoms with van der Waals surface area (Å²) >= 11 is 1.67. The van der Waals surface area contributed by atoms with Crippen molar-refractivity contribution in [3.63, 3.8) is 0 Å². The van der Waals surface area contributed by atoms with E-state index in [0.717, 1.165) is 23.7 Å². The molecule has 1 N–H and O–H groups in total. The average molecular weight is 356 g/mol. The molecule has 1 rings (SSSR count). The van der Waals surface area contributed by atoms with Crippen molar-refractivity contribution < 1.29 is 4.74 Å². The minimum atomic E-state index is 0.862. The SMILES string of the molecule is C=C(/C=C(\C)N(CC)Cc1cnc[nH]1)SC.C=CC.CC.COC. The molecule has 0 amide bonds. The van der Waals surface area contributed by atoms with E-state index in [4.69, 9.17) is 0 Å². The van der Waals surface area contributed by atoms with E-state index in [1.165, 1.54) is 5.70 Å². The first-order valence-electron chi connectivity index (χ1n) is 8.11. The number of methoxy groups -OCH3 is 1. The number of ether oxygens (including phenoxy) is 1. The Labute approximate surface area is 154 Å². The maximum Gasteiger partial charge on any atom is 0.0922 e. The number of rotatable bonds is 6. The van der Waals surface area contributed by atoms with Crippen LogP contribution in [0.15, 0.2) is 48.4 Å². The topological polar surface area (TPSA) is 41.2 Å². The first kappa shape index (κ1) is 27.4. The Balaban J connectivity index is -0.000000470. The lowest BCUT2D eigenvalue weighted by atomic mass is 10.3. The Kier molecular flexibility index (Phi) is 24.6. The molecular formula is C19H37N3OS. The molecule has 1 aromatic rings. The van der Waals surface area contributed by atoms with Gasteiger partial charge in [0.2, 0.25) is 0 Å². The number of nitrogens with one attached hydrogen (secondary N) is 1. The Hall–Kier alpha value is -1.46. The molecule has 4 nitrogen and oxygen atoms in total. The summed E-state index contributed by atoms with van der Waals surface area (Å²) in [6.45, 7) is 19.3. The van der Waals surface area contributed by atoms with Gasteiger partial charge < -0.3 is 14.6 Å². The van der Waals surface area contributed by atoms with Gasteiger partial charge in [-0.2, -0.15) is 0 Å². The fourth-order valence-electron chi connectivity index (χ4n) is 1.45. The van der Waals surface area contributed by atoms with Crippen LogP contribution < -0.4 is 0 Å². The van der Waals surface area contributed by atoms with Gasteiger partial charge in [-0.05, 0) is 33.1 Å². The van der Waals surface area contributed by atoms with Crippen molar-refractivity contribution in [1.29, 1.82) is 0 Å². The molecule has 0 spiro atoms. The molecule has 0 aliphatic rings. The Morgan fingerprint density at radius 3 is 2.25 bits per heavy atom. The summed E-state index contributed by atoms with van der Waals surface area (Å²) in [5, 5.41) is 0. The first-order valence-corrected chi connectivity index (χ1v) is 9.33. The van der Waals surface area contributed by atoms with Gasteiger partial charge in [0.15, 0.2) is 0 Å². The summed E-state index contributed by atoms with van der Waals surface area (Å²) in [6.07, 6.45) is 9.48. The highest BCUT2D eigenvalue weighted by molar-refractivity contribution is 8.02. The quantitative estimate of drug-likeness (QED) is 0.541. The molecule has 1 aromatic heterocycles. The third-order valence-corrected chi connectivity index (χ3v) is 3.07. The Bertz CT molecular complexity index is 414. The van der Waals surface area contributed by atoms with E-state index in [1.54, 1.807) is 38.4 Å². The second-order valence-electron chi connectivity index (χ2n) is 4.36. The van der Waals surface area contributed by atoms with Gasteiger partial charge in [-0.1, -0.05) is 26.5 Å². The molecular weight excluding hydrogens is 318 g/mol. The fourth-order valence-corrected chi connectivity index (χ4v) is 1.73. The number of thioether (sulfide) groups is 1. The zero-order valence-electron chi connectivity index (χ0n) is 16.8. The number of H-pyrrole nitrogens is 1. The van der Waals surface area contributed by atoms with Crippen LogP contribution in [0.4, 0.5) is 0 Å². The van der Waals surface area contributed by atoms with E-state index < -0.39 is 0 Å². The summed E-state index contributed by atoms with van der Waals surface area (Å²) in [7, 11) is 3.25. The van der Waals surface area contributed by atoms with Gasteiger partial charge in [-0.15, -0.1) is 18.3 Å². The monoisotopic (exact) mass is 355 g/mol. The van der Waals surface area contributed by atoms with E-state index >= 15 is 0 Å². The molecule has 0 bridgehead atoms. The van der Waals surface area contributed by atoms with Gasteiger partial charge >= 0.3 is 0 Å². The van der Waals surface area contributed by atoms with Crippen LogP contribution in [0.1, 0.15) is 40.3 Å². The van der Waals surface area contributed by atoms with Crippen molar-refractivity contribution in [3.05, 3.63) is 54.1 Å². The summed E-state index contributed by atoms with van der Waals surface area (Å²) in [5.74, 6) is 0. The third-order valence-electron chi connectivity index (χ3n) is 2.43. The van der Waals surface area contributed by atoms with Crippen LogP contribution in [-0.2, 0) is 11.3 Å². The molecule has 24 heavy (non-hydrogen) atoms. The fraction of sp³-hybridized carbons (Fsp3) is 0.526. The van der Waals surface area contributed by atoms with Crippen molar-refractivity contribution in [2.45, 2.75) is 41.2 Å². The standard InChI is InChI=1S/C12H19N3S.C3H6.C2H6O.C2H6/c1-5-15(8-12-7-13-9-14-12)10(2)6-11(3)16-4;2*1-3-2;1-2/h6-7,9H,3,5,8H2,1-2,4H3,(H,13,14);3H,1H2,2H3;1-2H3;1-2H3/b10-6+;;;. The summed E-state index contributed by atoms with van der Waals surface area (Å²) in [6, 6.07) is 0. The number of nitrogens with zero attached hydrogens (tertiary/aromatic N) is 2. The molecule has 0 aliphatic heterocycles. The van der Waals surface area contributed by atoms with Gasteiger partial charge in [0, 0.05) is 37.6 Å². The normalized spacial score (nSPS) is 9.25. The maximum absolute atomic E-state index is 4.25. The number of aromatic nitrogens is 2. The predicted octanol–water partition coefficient (Wildman–Crippen LogP) is 5.49. The molecule has 1 heterocycles. The van der Waals surface area contributed by atoms with E-state index in [0.29, 0.717) is 0 Å². The maximum atomic E-state index is 4.25. The zero-order valence-corrected chi connectivity index (χ0v) is 17.7. The number of aromatic amines is 1. The second-order valence-corrected chi connectivity index (χ2v) is 5.30. The van der Waals surface area contributed by atoms with Gasteiger partial charge in [-0.3, -0.25) is 0 Å². The molecule has 0 saturated heterocycles. The van der Waals surface area contributed by atoms with E-state index in [-0.39, 0.29) is 0 Å². The highest BCUT2D eigenvalue weighted by Gasteiger charge is 2.05. The lowest BCUT2D eigenvalue weighted by Crippen LogP contribution is -2.20. The summed E-state index contributed by atoms with van der Waals surface area (Å²) in [5.41, 5.74) is 2.36. The average Bonchev–Trinajstić information content (AvgIpc) is 3.08. The lowest BCUT2D eigenvalue weighted by molar-refractivity contribution is 0.277. The molecule has 0 saturated carbocycles. The Morgan fingerprint density at radius 1 is 1.42 bits per heavy atom. The smallest absolute Gasteiger partial charge is 0.0922 e. The lowest BCUT2D eigenvalue weighted by Gasteiger charge is -2.23. The molecule has 0 radical (unpaired) electrons. The van der Waals surface area contributed by atoms with E-state index in [2.05, 4.69) is 52.7 Å². The predicted molar refractivity (Wildman–Crippen MR) is 111 cm³/mol. The van der Waals surface area contributed by atoms with Crippen molar-refractivity contribution in [1.82, 2.24) is 14.9 Å². The van der Waals surface area contributed by atoms with Gasteiger partial charge in [-0.25, -0.2) is 4.98 Å². The number of hydrogen-bond acceptors (Lipinski definition) is 4. The van der Waals surface area contributed by atoms with Gasteiger partial charge in [0.05, 0.1) is 18.6 Å². The van der Waals surface area contributed by atoms with E-state index in [1.807, 2.05) is 33.2 Å². The van der Waals surface area contributed by atoms with Crippen LogP contribution in [-0.4, -0.2) is 41.9 Å². The van der Waals surface area contributed by atoms with Gasteiger partial charge in [0.1, 0.15) is 0 Å². The number of hydrogen-bond donors (Lipinski definition) is 1. The highest BCUT2D eigenvalue weighted by Crippen LogP contribution is 2.16. The Morgan fingerprint density at radius 2 is 1.92 bits per heavy atom. The van der Waals surface area contributed by atoms with Crippen LogP contribution in [0.3, 0.4) is 0 Å². The molecule has 0 unspecified atom stereocenters. The van der Waals surface area contributed by atoms with Crippen LogP contribution in [0.5, 0.6) is 0 Å². The van der Waals surface area contributed by atoms with E-state index in [9.17, 15) is 0 Å². The van der Waals surface area contributed by atoms with Crippen LogP contribution in [0.2, 0.25) is 0 Å².